The zero-order chi connectivity index (χ0) is 13.0. The monoisotopic (exact) mass is 348 g/mol. The van der Waals surface area contributed by atoms with Crippen molar-refractivity contribution in [3.8, 4) is 0 Å². The number of anilines is 1. The summed E-state index contributed by atoms with van der Waals surface area (Å²) in [6.45, 7) is 0. The molecule has 0 spiro atoms. The van der Waals surface area contributed by atoms with Gasteiger partial charge in [0.25, 0.3) is 5.91 Å². The lowest BCUT2D eigenvalue weighted by Crippen LogP contribution is -2.21. The summed E-state index contributed by atoms with van der Waals surface area (Å²) < 4.78 is 0.143. The maximum Gasteiger partial charge on any atom is 0.337 e. The van der Waals surface area contributed by atoms with Crippen LogP contribution in [0.3, 0.4) is 0 Å². The van der Waals surface area contributed by atoms with Crippen LogP contribution in [0.5, 0.6) is 0 Å². The average Bonchev–Trinajstić information content (AvgIpc) is 2.28. The van der Waals surface area contributed by atoms with Crippen LogP contribution in [0.25, 0.3) is 0 Å². The Morgan fingerprint density at radius 2 is 1.88 bits per heavy atom. The van der Waals surface area contributed by atoms with Gasteiger partial charge in [0.1, 0.15) is 0 Å². The van der Waals surface area contributed by atoms with Gasteiger partial charge in [-0.1, -0.05) is 28.7 Å². The van der Waals surface area contributed by atoms with E-state index in [-0.39, 0.29) is 21.2 Å². The maximum absolute atomic E-state index is 11.3. The zero-order valence-corrected chi connectivity index (χ0v) is 10.7. The molecular formula is C10H9IN2O4. The summed E-state index contributed by atoms with van der Waals surface area (Å²) in [5.74, 6) is -2.43. The summed E-state index contributed by atoms with van der Waals surface area (Å²) in [6.07, 6.45) is 0. The molecule has 0 unspecified atom stereocenters. The molecule has 6 nitrogen and oxygen atoms in total. The first-order chi connectivity index (χ1) is 7.97. The van der Waals surface area contributed by atoms with Gasteiger partial charge in [0.05, 0.1) is 21.2 Å². The Hall–Kier alpha value is -1.64. The quantitative estimate of drug-likeness (QED) is 0.554. The molecule has 0 radical (unpaired) electrons. The Morgan fingerprint density at radius 1 is 1.29 bits per heavy atom. The first-order valence-electron chi connectivity index (χ1n) is 4.49. The van der Waals surface area contributed by atoms with Gasteiger partial charge in [0, 0.05) is 0 Å². The minimum absolute atomic E-state index is 0.0249. The molecule has 17 heavy (non-hydrogen) atoms. The van der Waals surface area contributed by atoms with Gasteiger partial charge < -0.3 is 16.2 Å². The van der Waals surface area contributed by atoms with Crippen molar-refractivity contribution >= 4 is 46.1 Å². The summed E-state index contributed by atoms with van der Waals surface area (Å²) in [5, 5.41) is 11.3. The number of primary amides is 1. The van der Waals surface area contributed by atoms with E-state index in [0.717, 1.165) is 0 Å². The van der Waals surface area contributed by atoms with Gasteiger partial charge in [-0.15, -0.1) is 0 Å². The molecule has 0 aliphatic carbocycles. The average molecular weight is 348 g/mol. The predicted molar refractivity (Wildman–Crippen MR) is 69.4 cm³/mol. The molecule has 0 aliphatic heterocycles. The highest BCUT2D eigenvalue weighted by atomic mass is 127. The van der Waals surface area contributed by atoms with Crippen LogP contribution < -0.4 is 11.1 Å². The lowest BCUT2D eigenvalue weighted by atomic mass is 10.1. The standard InChI is InChI=1S/C10H9IN2O4/c11-4-7(14)13-8-5(9(12)15)2-1-3-6(8)10(16)17/h1-3H,4H2,(H2,12,15)(H,13,14)(H,16,17). The maximum atomic E-state index is 11.3. The van der Waals surface area contributed by atoms with Crippen LogP contribution in [0.2, 0.25) is 0 Å². The molecule has 4 N–H and O–H groups in total. The van der Waals surface area contributed by atoms with E-state index in [1.807, 2.05) is 22.6 Å². The number of halogens is 1. The van der Waals surface area contributed by atoms with E-state index >= 15 is 0 Å². The van der Waals surface area contributed by atoms with Gasteiger partial charge >= 0.3 is 5.97 Å². The first-order valence-corrected chi connectivity index (χ1v) is 6.02. The molecule has 0 aliphatic rings. The second-order valence-corrected chi connectivity index (χ2v) is 3.84. The topological polar surface area (TPSA) is 109 Å². The van der Waals surface area contributed by atoms with Crippen molar-refractivity contribution in [2.24, 2.45) is 5.73 Å². The highest BCUT2D eigenvalue weighted by Gasteiger charge is 2.18. The Morgan fingerprint density at radius 3 is 2.35 bits per heavy atom. The molecule has 0 atom stereocenters. The Labute approximate surface area is 110 Å². The minimum atomic E-state index is -1.24. The number of hydrogen-bond donors (Lipinski definition) is 3. The van der Waals surface area contributed by atoms with Crippen LogP contribution in [-0.2, 0) is 4.79 Å². The highest BCUT2D eigenvalue weighted by Crippen LogP contribution is 2.21. The number of para-hydroxylation sites is 1. The van der Waals surface area contributed by atoms with Crippen molar-refractivity contribution in [2.75, 3.05) is 9.74 Å². The number of carbonyl (C=O) groups excluding carboxylic acids is 2. The summed E-state index contributed by atoms with van der Waals surface area (Å²) >= 11 is 1.82. The van der Waals surface area contributed by atoms with Crippen molar-refractivity contribution in [2.45, 2.75) is 0 Å². The van der Waals surface area contributed by atoms with Crippen LogP contribution in [0.4, 0.5) is 5.69 Å². The third-order valence-corrected chi connectivity index (χ3v) is 2.64. The minimum Gasteiger partial charge on any atom is -0.478 e. The van der Waals surface area contributed by atoms with E-state index in [4.69, 9.17) is 10.8 Å². The molecular weight excluding hydrogens is 339 g/mol. The third kappa shape index (κ3) is 3.16. The second-order valence-electron chi connectivity index (χ2n) is 3.08. The van der Waals surface area contributed by atoms with Gasteiger partial charge in [0.15, 0.2) is 0 Å². The number of carboxylic acids is 1. The van der Waals surface area contributed by atoms with Crippen molar-refractivity contribution in [3.63, 3.8) is 0 Å². The van der Waals surface area contributed by atoms with E-state index in [0.29, 0.717) is 0 Å². The Bertz CT molecular complexity index is 455. The van der Waals surface area contributed by atoms with Crippen LogP contribution in [-0.4, -0.2) is 27.3 Å². The molecule has 0 saturated carbocycles. The number of benzene rings is 1. The van der Waals surface area contributed by atoms with Crippen molar-refractivity contribution < 1.29 is 19.5 Å². The highest BCUT2D eigenvalue weighted by molar-refractivity contribution is 14.1. The SMILES string of the molecule is NC(=O)c1cccc(C(=O)O)c1NC(=O)CI. The van der Waals surface area contributed by atoms with Gasteiger partial charge in [-0.3, -0.25) is 9.59 Å². The molecule has 90 valence electrons. The van der Waals surface area contributed by atoms with Gasteiger partial charge in [-0.05, 0) is 12.1 Å². The largest absolute Gasteiger partial charge is 0.478 e. The zero-order valence-electron chi connectivity index (χ0n) is 8.57. The molecule has 2 amide bonds. The fourth-order valence-electron chi connectivity index (χ4n) is 1.24. The van der Waals surface area contributed by atoms with E-state index in [1.54, 1.807) is 0 Å². The Balaban J connectivity index is 3.33. The number of carbonyl (C=O) groups is 3. The van der Waals surface area contributed by atoms with E-state index < -0.39 is 17.8 Å². The number of nitrogens with two attached hydrogens (primary N) is 1. The van der Waals surface area contributed by atoms with Crippen LogP contribution in [0.1, 0.15) is 20.7 Å². The fourth-order valence-corrected chi connectivity index (χ4v) is 1.43. The number of aromatic carboxylic acids is 1. The summed E-state index contributed by atoms with van der Waals surface area (Å²) in [4.78, 5) is 33.4. The second kappa shape index (κ2) is 5.62. The summed E-state index contributed by atoms with van der Waals surface area (Å²) in [5.41, 5.74) is 4.86. The molecule has 0 heterocycles. The fraction of sp³-hybridized carbons (Fsp3) is 0.100. The summed E-state index contributed by atoms with van der Waals surface area (Å²) in [7, 11) is 0. The molecule has 1 rings (SSSR count). The molecule has 1 aromatic rings. The molecule has 0 saturated heterocycles. The van der Waals surface area contributed by atoms with Crippen molar-refractivity contribution in [1.29, 1.82) is 0 Å². The number of nitrogens with one attached hydrogen (secondary N) is 1. The van der Waals surface area contributed by atoms with Crippen molar-refractivity contribution in [3.05, 3.63) is 29.3 Å². The smallest absolute Gasteiger partial charge is 0.337 e. The molecule has 0 fully saturated rings. The van der Waals surface area contributed by atoms with E-state index in [9.17, 15) is 14.4 Å². The third-order valence-electron chi connectivity index (χ3n) is 1.95. The van der Waals surface area contributed by atoms with Gasteiger partial charge in [0.2, 0.25) is 5.91 Å². The number of amides is 2. The number of carboxylic acid groups (broad SMARTS) is 1. The lowest BCUT2D eigenvalue weighted by Gasteiger charge is -2.10. The molecule has 1 aromatic carbocycles. The van der Waals surface area contributed by atoms with Crippen LogP contribution in [0.15, 0.2) is 18.2 Å². The normalized spacial score (nSPS) is 9.71. The van der Waals surface area contributed by atoms with Crippen LogP contribution in [0, 0.1) is 0 Å². The predicted octanol–water partition coefficient (Wildman–Crippen LogP) is 0.857. The van der Waals surface area contributed by atoms with Gasteiger partial charge in [-0.2, -0.15) is 0 Å². The van der Waals surface area contributed by atoms with Crippen LogP contribution >= 0.6 is 22.6 Å². The van der Waals surface area contributed by atoms with Crippen molar-refractivity contribution in [1.82, 2.24) is 0 Å². The Kier molecular flexibility index (Phi) is 4.44. The molecule has 7 heteroatoms. The number of hydrogen-bond acceptors (Lipinski definition) is 3. The van der Waals surface area contributed by atoms with E-state index in [2.05, 4.69) is 5.32 Å². The lowest BCUT2D eigenvalue weighted by molar-refractivity contribution is -0.113. The van der Waals surface area contributed by atoms with Gasteiger partial charge in [-0.25, -0.2) is 4.79 Å². The van der Waals surface area contributed by atoms with E-state index in [1.165, 1.54) is 18.2 Å². The number of alkyl halides is 1. The number of rotatable bonds is 4. The molecule has 0 bridgehead atoms. The molecule has 0 aromatic heterocycles. The summed E-state index contributed by atoms with van der Waals surface area (Å²) in [6, 6.07) is 4.04. The first kappa shape index (κ1) is 13.4.